The molecule has 0 atom stereocenters. The van der Waals surface area contributed by atoms with Gasteiger partial charge in [-0.25, -0.2) is 0 Å². The fourth-order valence-corrected chi connectivity index (χ4v) is 2.31. The largest absolute Gasteiger partial charge is 0.496 e. The number of rotatable bonds is 5. The maximum absolute atomic E-state index is 9.56. The number of para-hydroxylation sites is 2. The first kappa shape index (κ1) is 16.9. The molecule has 3 aromatic rings. The second-order valence-corrected chi connectivity index (χ2v) is 5.24. The van der Waals surface area contributed by atoms with E-state index < -0.39 is 0 Å². The summed E-state index contributed by atoms with van der Waals surface area (Å²) in [4.78, 5) is 12.5. The average Bonchev–Trinajstić information content (AvgIpc) is 2.66. The molecule has 1 heterocycles. The number of anilines is 3. The first-order chi connectivity index (χ1) is 12.7. The average molecular weight is 344 g/mol. The normalized spacial score (nSPS) is 10.8. The summed E-state index contributed by atoms with van der Waals surface area (Å²) in [5, 5.41) is 12.6. The number of hydrogen-bond donors (Lipinski definition) is 2. The van der Waals surface area contributed by atoms with Crippen molar-refractivity contribution in [3.63, 3.8) is 0 Å². The predicted molar refractivity (Wildman–Crippen MR) is 100 cm³/mol. The van der Waals surface area contributed by atoms with Crippen LogP contribution in [0.1, 0.15) is 11.4 Å². The van der Waals surface area contributed by atoms with Crippen LogP contribution in [-0.4, -0.2) is 22.1 Å². The van der Waals surface area contributed by atoms with Gasteiger partial charge >= 0.3 is 0 Å². The van der Waals surface area contributed by atoms with Crippen molar-refractivity contribution in [2.45, 2.75) is 0 Å². The molecule has 2 aromatic carbocycles. The fraction of sp³-hybridized carbons (Fsp3) is 0.0526. The van der Waals surface area contributed by atoms with Crippen LogP contribution in [0.5, 0.6) is 5.75 Å². The molecular formula is C19H16N6O. The Balaban J connectivity index is 1.99. The molecule has 0 aliphatic heterocycles. The summed E-state index contributed by atoms with van der Waals surface area (Å²) in [5.74, 6) is 1.11. The predicted octanol–water partition coefficient (Wildman–Crippen LogP) is 3.27. The zero-order valence-electron chi connectivity index (χ0n) is 14.0. The highest BCUT2D eigenvalue weighted by molar-refractivity contribution is 5.88. The number of nitrogen functional groups attached to an aromatic ring is 1. The molecule has 0 aliphatic carbocycles. The molecule has 0 saturated heterocycles. The Hall–Kier alpha value is -3.92. The molecule has 0 amide bonds. The third-order valence-electron chi connectivity index (χ3n) is 3.48. The van der Waals surface area contributed by atoms with E-state index in [-0.39, 0.29) is 23.3 Å². The van der Waals surface area contributed by atoms with Crippen molar-refractivity contribution in [1.82, 2.24) is 15.0 Å². The van der Waals surface area contributed by atoms with Crippen LogP contribution in [0, 0.1) is 11.3 Å². The fourth-order valence-electron chi connectivity index (χ4n) is 2.31. The number of hydrogen-bond acceptors (Lipinski definition) is 7. The SMILES string of the molecule is COc1ccccc1C=C(C#N)c1nc(N)nc(Nc2ccccc2)n1. The molecule has 1 aromatic heterocycles. The van der Waals surface area contributed by atoms with E-state index in [0.717, 1.165) is 11.3 Å². The summed E-state index contributed by atoms with van der Waals surface area (Å²) in [5.41, 5.74) is 7.58. The molecule has 0 bridgehead atoms. The molecule has 7 nitrogen and oxygen atoms in total. The molecule has 3 rings (SSSR count). The summed E-state index contributed by atoms with van der Waals surface area (Å²) >= 11 is 0. The van der Waals surface area contributed by atoms with Gasteiger partial charge in [-0.15, -0.1) is 0 Å². The number of aromatic nitrogens is 3. The highest BCUT2D eigenvalue weighted by Gasteiger charge is 2.11. The Morgan fingerprint density at radius 2 is 1.81 bits per heavy atom. The number of nitrogens with one attached hydrogen (secondary N) is 1. The quantitative estimate of drug-likeness (QED) is 0.683. The van der Waals surface area contributed by atoms with Gasteiger partial charge in [0.05, 0.1) is 12.7 Å². The van der Waals surface area contributed by atoms with Crippen molar-refractivity contribution >= 4 is 29.2 Å². The lowest BCUT2D eigenvalue weighted by Gasteiger charge is -2.07. The van der Waals surface area contributed by atoms with Crippen LogP contribution in [-0.2, 0) is 0 Å². The molecule has 128 valence electrons. The van der Waals surface area contributed by atoms with Gasteiger partial charge in [0, 0.05) is 11.3 Å². The van der Waals surface area contributed by atoms with Crippen molar-refractivity contribution in [2.24, 2.45) is 0 Å². The molecule has 7 heteroatoms. The molecule has 26 heavy (non-hydrogen) atoms. The van der Waals surface area contributed by atoms with E-state index in [2.05, 4.69) is 26.3 Å². The maximum Gasteiger partial charge on any atom is 0.232 e. The lowest BCUT2D eigenvalue weighted by molar-refractivity contribution is 0.414. The minimum Gasteiger partial charge on any atom is -0.496 e. The number of allylic oxidation sites excluding steroid dienone is 1. The zero-order valence-corrected chi connectivity index (χ0v) is 14.0. The van der Waals surface area contributed by atoms with Crippen LogP contribution in [0.15, 0.2) is 54.6 Å². The number of nitrogens with two attached hydrogens (primary N) is 1. The molecule has 0 aliphatic rings. The van der Waals surface area contributed by atoms with Crippen molar-refractivity contribution in [3.05, 3.63) is 66.0 Å². The number of ether oxygens (including phenoxy) is 1. The lowest BCUT2D eigenvalue weighted by Crippen LogP contribution is -2.06. The highest BCUT2D eigenvalue weighted by Crippen LogP contribution is 2.24. The summed E-state index contributed by atoms with van der Waals surface area (Å²) in [6, 6.07) is 18.9. The van der Waals surface area contributed by atoms with Crippen LogP contribution < -0.4 is 15.8 Å². The van der Waals surface area contributed by atoms with E-state index >= 15 is 0 Å². The number of nitrogens with zero attached hydrogens (tertiary/aromatic N) is 4. The van der Waals surface area contributed by atoms with Gasteiger partial charge < -0.3 is 15.8 Å². The summed E-state index contributed by atoms with van der Waals surface area (Å²) in [6.07, 6.45) is 1.65. The maximum atomic E-state index is 9.56. The van der Waals surface area contributed by atoms with Gasteiger partial charge in [0.1, 0.15) is 11.8 Å². The summed E-state index contributed by atoms with van der Waals surface area (Å²) < 4.78 is 5.31. The first-order valence-electron chi connectivity index (χ1n) is 7.78. The van der Waals surface area contributed by atoms with Crippen LogP contribution in [0.25, 0.3) is 11.6 Å². The second kappa shape index (κ2) is 7.77. The molecule has 0 saturated carbocycles. The van der Waals surface area contributed by atoms with E-state index in [4.69, 9.17) is 10.5 Å². The van der Waals surface area contributed by atoms with E-state index in [1.54, 1.807) is 13.2 Å². The Kier molecular flexibility index (Phi) is 5.05. The van der Waals surface area contributed by atoms with Crippen LogP contribution in [0.2, 0.25) is 0 Å². The van der Waals surface area contributed by atoms with Crippen molar-refractivity contribution in [1.29, 1.82) is 5.26 Å². The van der Waals surface area contributed by atoms with Crippen LogP contribution >= 0.6 is 0 Å². The summed E-state index contributed by atoms with van der Waals surface area (Å²) in [7, 11) is 1.57. The standard InChI is InChI=1S/C19H16N6O/c1-26-16-10-6-5-7-13(16)11-14(12-20)17-23-18(21)25-19(24-17)22-15-8-3-2-4-9-15/h2-11H,1H3,(H3,21,22,23,24,25). The minimum absolute atomic E-state index is 0.0228. The molecule has 3 N–H and O–H groups in total. The monoisotopic (exact) mass is 344 g/mol. The third-order valence-corrected chi connectivity index (χ3v) is 3.48. The Bertz CT molecular complexity index is 979. The molecule has 0 unspecified atom stereocenters. The van der Waals surface area contributed by atoms with Gasteiger partial charge in [-0.1, -0.05) is 36.4 Å². The van der Waals surface area contributed by atoms with Gasteiger partial charge in [-0.3, -0.25) is 0 Å². The molecule has 0 fully saturated rings. The van der Waals surface area contributed by atoms with Gasteiger partial charge in [-0.05, 0) is 24.3 Å². The van der Waals surface area contributed by atoms with Crippen LogP contribution in [0.4, 0.5) is 17.6 Å². The van der Waals surface area contributed by atoms with Gasteiger partial charge in [0.15, 0.2) is 5.82 Å². The van der Waals surface area contributed by atoms with E-state index in [0.29, 0.717) is 5.75 Å². The lowest BCUT2D eigenvalue weighted by atomic mass is 10.1. The van der Waals surface area contributed by atoms with Crippen LogP contribution in [0.3, 0.4) is 0 Å². The Labute approximate surface area is 150 Å². The first-order valence-corrected chi connectivity index (χ1v) is 7.78. The van der Waals surface area contributed by atoms with Gasteiger partial charge in [0.2, 0.25) is 11.9 Å². The van der Waals surface area contributed by atoms with Gasteiger partial charge in [0.25, 0.3) is 0 Å². The zero-order chi connectivity index (χ0) is 18.4. The summed E-state index contributed by atoms with van der Waals surface area (Å²) in [6.45, 7) is 0. The number of methoxy groups -OCH3 is 1. The van der Waals surface area contributed by atoms with E-state index in [9.17, 15) is 5.26 Å². The number of benzene rings is 2. The second-order valence-electron chi connectivity index (χ2n) is 5.24. The van der Waals surface area contributed by atoms with E-state index in [1.807, 2.05) is 54.6 Å². The molecule has 0 spiro atoms. The Morgan fingerprint density at radius 3 is 2.54 bits per heavy atom. The third kappa shape index (κ3) is 3.94. The van der Waals surface area contributed by atoms with Crippen molar-refractivity contribution in [3.8, 4) is 11.8 Å². The number of nitriles is 1. The minimum atomic E-state index is 0.0228. The van der Waals surface area contributed by atoms with Crippen molar-refractivity contribution in [2.75, 3.05) is 18.2 Å². The van der Waals surface area contributed by atoms with Crippen molar-refractivity contribution < 1.29 is 4.74 Å². The topological polar surface area (TPSA) is 110 Å². The van der Waals surface area contributed by atoms with E-state index in [1.165, 1.54) is 0 Å². The van der Waals surface area contributed by atoms with Gasteiger partial charge in [-0.2, -0.15) is 20.2 Å². The molecular weight excluding hydrogens is 328 g/mol. The smallest absolute Gasteiger partial charge is 0.232 e. The highest BCUT2D eigenvalue weighted by atomic mass is 16.5. The Morgan fingerprint density at radius 1 is 1.08 bits per heavy atom. The molecule has 0 radical (unpaired) electrons.